The van der Waals surface area contributed by atoms with Crippen molar-refractivity contribution in [3.8, 4) is 0 Å². The number of piperidine rings is 1. The van der Waals surface area contributed by atoms with Crippen LogP contribution in [0, 0.1) is 5.92 Å². The minimum atomic E-state index is 0.436. The Balaban J connectivity index is 1.82. The zero-order valence-corrected chi connectivity index (χ0v) is 10.2. The third kappa shape index (κ3) is 3.32. The van der Waals surface area contributed by atoms with Gasteiger partial charge in [-0.25, -0.2) is 0 Å². The number of hydrogen-bond donors (Lipinski definition) is 1. The highest BCUT2D eigenvalue weighted by Gasteiger charge is 2.16. The van der Waals surface area contributed by atoms with Crippen molar-refractivity contribution in [1.82, 2.24) is 15.1 Å². The van der Waals surface area contributed by atoms with Crippen LogP contribution in [0.5, 0.6) is 0 Å². The van der Waals surface area contributed by atoms with E-state index >= 15 is 0 Å². The predicted octanol–water partition coefficient (Wildman–Crippen LogP) is 1.88. The Kier molecular flexibility index (Phi) is 3.96. The predicted molar refractivity (Wildman–Crippen MR) is 65.8 cm³/mol. The Morgan fingerprint density at radius 2 is 2.50 bits per heavy atom. The quantitative estimate of drug-likeness (QED) is 0.876. The van der Waals surface area contributed by atoms with Crippen LogP contribution in [0.3, 0.4) is 0 Å². The number of likely N-dealkylation sites (tertiary alicyclic amines) is 1. The van der Waals surface area contributed by atoms with Gasteiger partial charge < -0.3 is 10.2 Å². The second-order valence-corrected chi connectivity index (χ2v) is 4.81. The van der Waals surface area contributed by atoms with Gasteiger partial charge in [0.15, 0.2) is 5.15 Å². The van der Waals surface area contributed by atoms with Crippen LogP contribution in [0.25, 0.3) is 0 Å². The van der Waals surface area contributed by atoms with E-state index in [0.717, 1.165) is 12.2 Å². The molecule has 0 aromatic carbocycles. The molecule has 88 valence electrons. The molecule has 1 atom stereocenters. The summed E-state index contributed by atoms with van der Waals surface area (Å²) in [6, 6.07) is 1.81. The summed E-state index contributed by atoms with van der Waals surface area (Å²) < 4.78 is 0. The first-order valence-electron chi connectivity index (χ1n) is 5.64. The standard InChI is InChI=1S/C11H17ClN4/c1-16-4-2-3-9(8-16)6-13-10-5-11(12)15-14-7-10/h5,7,9H,2-4,6,8H2,1H3,(H,13,15). The molecule has 1 aliphatic heterocycles. The van der Waals surface area contributed by atoms with E-state index in [0.29, 0.717) is 11.1 Å². The van der Waals surface area contributed by atoms with Crippen molar-refractivity contribution >= 4 is 17.3 Å². The number of halogens is 1. The molecular formula is C11H17ClN4. The first-order chi connectivity index (χ1) is 7.74. The summed E-state index contributed by atoms with van der Waals surface area (Å²) in [5.41, 5.74) is 0.952. The molecule has 0 aliphatic carbocycles. The normalized spacial score (nSPS) is 22.0. The summed E-state index contributed by atoms with van der Waals surface area (Å²) in [6.45, 7) is 3.37. The molecule has 2 rings (SSSR count). The lowest BCUT2D eigenvalue weighted by Crippen LogP contribution is -2.35. The van der Waals surface area contributed by atoms with Gasteiger partial charge in [0.05, 0.1) is 11.9 Å². The van der Waals surface area contributed by atoms with Gasteiger partial charge in [-0.2, -0.15) is 5.10 Å². The second-order valence-electron chi connectivity index (χ2n) is 4.42. The van der Waals surface area contributed by atoms with Crippen molar-refractivity contribution in [2.24, 2.45) is 5.92 Å². The van der Waals surface area contributed by atoms with Gasteiger partial charge in [-0.15, -0.1) is 5.10 Å². The fourth-order valence-electron chi connectivity index (χ4n) is 2.14. The van der Waals surface area contributed by atoms with E-state index in [9.17, 15) is 0 Å². The van der Waals surface area contributed by atoms with Crippen LogP contribution in [-0.4, -0.2) is 41.8 Å². The van der Waals surface area contributed by atoms with E-state index in [2.05, 4.69) is 27.5 Å². The van der Waals surface area contributed by atoms with Crippen LogP contribution in [0.4, 0.5) is 5.69 Å². The lowest BCUT2D eigenvalue weighted by Gasteiger charge is -2.29. The van der Waals surface area contributed by atoms with E-state index in [-0.39, 0.29) is 0 Å². The minimum absolute atomic E-state index is 0.436. The third-order valence-corrected chi connectivity index (χ3v) is 3.13. The van der Waals surface area contributed by atoms with E-state index in [1.807, 2.05) is 0 Å². The summed E-state index contributed by atoms with van der Waals surface area (Å²) in [5.74, 6) is 0.714. The Morgan fingerprint density at radius 1 is 1.62 bits per heavy atom. The molecule has 0 saturated carbocycles. The first-order valence-corrected chi connectivity index (χ1v) is 6.02. The van der Waals surface area contributed by atoms with Gasteiger partial charge in [0.2, 0.25) is 0 Å². The molecule has 1 aromatic heterocycles. The molecular weight excluding hydrogens is 224 g/mol. The molecule has 0 spiro atoms. The summed E-state index contributed by atoms with van der Waals surface area (Å²) >= 11 is 5.77. The highest BCUT2D eigenvalue weighted by molar-refractivity contribution is 6.29. The van der Waals surface area contributed by atoms with Crippen LogP contribution in [-0.2, 0) is 0 Å². The van der Waals surface area contributed by atoms with Crippen molar-refractivity contribution < 1.29 is 0 Å². The summed E-state index contributed by atoms with van der Waals surface area (Å²) in [5, 5.41) is 11.3. The Bertz CT molecular complexity index is 345. The molecule has 1 fully saturated rings. The molecule has 1 aliphatic rings. The van der Waals surface area contributed by atoms with Crippen molar-refractivity contribution in [1.29, 1.82) is 0 Å². The fraction of sp³-hybridized carbons (Fsp3) is 0.636. The van der Waals surface area contributed by atoms with Crippen LogP contribution in [0.2, 0.25) is 5.15 Å². The minimum Gasteiger partial charge on any atom is -0.383 e. The molecule has 1 aromatic rings. The largest absolute Gasteiger partial charge is 0.383 e. The average Bonchev–Trinajstić information content (AvgIpc) is 2.27. The maximum atomic E-state index is 5.77. The second kappa shape index (κ2) is 5.46. The van der Waals surface area contributed by atoms with E-state index in [4.69, 9.17) is 11.6 Å². The molecule has 0 bridgehead atoms. The van der Waals surface area contributed by atoms with Gasteiger partial charge in [-0.3, -0.25) is 0 Å². The molecule has 1 saturated heterocycles. The summed E-state index contributed by atoms with van der Waals surface area (Å²) in [7, 11) is 2.18. The number of nitrogens with one attached hydrogen (secondary N) is 1. The number of hydrogen-bond acceptors (Lipinski definition) is 4. The molecule has 0 radical (unpaired) electrons. The maximum Gasteiger partial charge on any atom is 0.153 e. The van der Waals surface area contributed by atoms with Gasteiger partial charge in [0.25, 0.3) is 0 Å². The van der Waals surface area contributed by atoms with Gasteiger partial charge in [-0.1, -0.05) is 11.6 Å². The van der Waals surface area contributed by atoms with Gasteiger partial charge in [-0.05, 0) is 32.4 Å². The van der Waals surface area contributed by atoms with E-state index in [1.165, 1.54) is 25.9 Å². The maximum absolute atomic E-state index is 5.77. The number of anilines is 1. The van der Waals surface area contributed by atoms with Crippen LogP contribution in [0.1, 0.15) is 12.8 Å². The molecule has 2 heterocycles. The molecule has 16 heavy (non-hydrogen) atoms. The van der Waals surface area contributed by atoms with Gasteiger partial charge in [0.1, 0.15) is 0 Å². The van der Waals surface area contributed by atoms with Crippen molar-refractivity contribution in [2.45, 2.75) is 12.8 Å². The molecule has 1 N–H and O–H groups in total. The zero-order chi connectivity index (χ0) is 11.4. The average molecular weight is 241 g/mol. The summed E-state index contributed by atoms with van der Waals surface area (Å²) in [6.07, 6.45) is 4.29. The highest BCUT2D eigenvalue weighted by Crippen LogP contribution is 2.16. The highest BCUT2D eigenvalue weighted by atomic mass is 35.5. The Morgan fingerprint density at radius 3 is 3.25 bits per heavy atom. The van der Waals surface area contributed by atoms with Crippen molar-refractivity contribution in [2.75, 3.05) is 32.0 Å². The van der Waals surface area contributed by atoms with E-state index < -0.39 is 0 Å². The SMILES string of the molecule is CN1CCCC(CNc2cnnc(Cl)c2)C1. The van der Waals surface area contributed by atoms with Gasteiger partial charge in [0, 0.05) is 19.2 Å². The topological polar surface area (TPSA) is 41.0 Å². The number of nitrogens with zero attached hydrogens (tertiary/aromatic N) is 3. The molecule has 0 amide bonds. The van der Waals surface area contributed by atoms with Crippen LogP contribution < -0.4 is 5.32 Å². The number of rotatable bonds is 3. The van der Waals surface area contributed by atoms with Crippen molar-refractivity contribution in [3.05, 3.63) is 17.4 Å². The first kappa shape index (κ1) is 11.6. The monoisotopic (exact) mass is 240 g/mol. The van der Waals surface area contributed by atoms with Crippen molar-refractivity contribution in [3.63, 3.8) is 0 Å². The van der Waals surface area contributed by atoms with Crippen LogP contribution >= 0.6 is 11.6 Å². The number of aromatic nitrogens is 2. The third-order valence-electron chi connectivity index (χ3n) is 2.94. The van der Waals surface area contributed by atoms with Gasteiger partial charge >= 0.3 is 0 Å². The molecule has 5 heteroatoms. The lowest BCUT2D eigenvalue weighted by molar-refractivity contribution is 0.217. The molecule has 1 unspecified atom stereocenters. The van der Waals surface area contributed by atoms with E-state index in [1.54, 1.807) is 12.3 Å². The lowest BCUT2D eigenvalue weighted by atomic mass is 9.98. The smallest absolute Gasteiger partial charge is 0.153 e. The zero-order valence-electron chi connectivity index (χ0n) is 9.49. The molecule has 4 nitrogen and oxygen atoms in total. The Hall–Kier alpha value is -0.870. The summed E-state index contributed by atoms with van der Waals surface area (Å²) in [4.78, 5) is 2.38. The van der Waals surface area contributed by atoms with Crippen LogP contribution in [0.15, 0.2) is 12.3 Å². The fourth-order valence-corrected chi connectivity index (χ4v) is 2.30. The Labute approximate surface area is 101 Å².